The number of hydrogen-bond donors (Lipinski definition) is 3. The second-order valence-corrected chi connectivity index (χ2v) is 12.9. The molecule has 3 N–H and O–H groups in total. The Labute approximate surface area is 245 Å². The second kappa shape index (κ2) is 10.8. The molecule has 3 aromatic heterocycles. The van der Waals surface area contributed by atoms with Crippen LogP contribution in [0.1, 0.15) is 38.2 Å². The number of ether oxygens (including phenoxy) is 1. The van der Waals surface area contributed by atoms with Crippen LogP contribution in [0.25, 0.3) is 33.5 Å². The van der Waals surface area contributed by atoms with Gasteiger partial charge in [0.1, 0.15) is 29.4 Å². The molecule has 0 unspecified atom stereocenters. The molecule has 4 heterocycles. The number of sulfonamides is 1. The zero-order valence-electron chi connectivity index (χ0n) is 24.2. The number of anilines is 2. The van der Waals surface area contributed by atoms with Crippen molar-refractivity contribution >= 4 is 32.6 Å². The normalized spacial score (nSPS) is 15.2. The first-order chi connectivity index (χ1) is 20.1. The molecule has 1 saturated heterocycles. The van der Waals surface area contributed by atoms with Crippen LogP contribution in [0, 0.1) is 6.92 Å². The van der Waals surface area contributed by atoms with Crippen LogP contribution in [-0.2, 0) is 15.4 Å². The van der Waals surface area contributed by atoms with Crippen molar-refractivity contribution in [1.82, 2.24) is 24.9 Å². The summed E-state index contributed by atoms with van der Waals surface area (Å²) in [5.41, 5.74) is 6.16. The van der Waals surface area contributed by atoms with E-state index in [2.05, 4.69) is 61.6 Å². The predicted octanol–water partition coefficient (Wildman–Crippen LogP) is 5.65. The Morgan fingerprint density at radius 1 is 1.00 bits per heavy atom. The summed E-state index contributed by atoms with van der Waals surface area (Å²) in [5, 5.41) is 0.959. The number of hydrogen-bond acceptors (Lipinski definition) is 7. The van der Waals surface area contributed by atoms with E-state index in [-0.39, 0.29) is 5.41 Å². The third-order valence-corrected chi connectivity index (χ3v) is 8.57. The number of piperidine rings is 1. The molecule has 1 fully saturated rings. The van der Waals surface area contributed by atoms with E-state index in [1.54, 1.807) is 18.5 Å². The Hall–Kier alpha value is -4.38. The average Bonchev–Trinajstić information content (AvgIpc) is 3.58. The minimum absolute atomic E-state index is 0.0814. The third kappa shape index (κ3) is 5.56. The SMILES string of the molecule is CCOc1ccc(-c2nc(C3(C)CCN(c4ncnc5[nH]c(-c6ccc(NS(C)(=O)=O)cc6)cc45)CC3)[nH]c2C)cc1. The first kappa shape index (κ1) is 27.8. The number of aromatic amines is 2. The lowest BCUT2D eigenvalue weighted by atomic mass is 9.79. The number of nitrogens with zero attached hydrogens (tertiary/aromatic N) is 4. The van der Waals surface area contributed by atoms with Crippen LogP contribution < -0.4 is 14.4 Å². The molecule has 6 rings (SSSR count). The summed E-state index contributed by atoms with van der Waals surface area (Å²) in [6.07, 6.45) is 4.60. The molecule has 10 nitrogen and oxygen atoms in total. The number of fused-ring (bicyclic) bond motifs is 1. The van der Waals surface area contributed by atoms with E-state index in [1.807, 2.05) is 31.2 Å². The molecule has 0 aliphatic carbocycles. The first-order valence-corrected chi connectivity index (χ1v) is 16.0. The van der Waals surface area contributed by atoms with E-state index in [0.717, 1.165) is 88.8 Å². The molecule has 2 aromatic carbocycles. The van der Waals surface area contributed by atoms with Crippen molar-refractivity contribution in [3.05, 3.63) is 72.4 Å². The molecule has 0 amide bonds. The Kier molecular flexibility index (Phi) is 7.14. The number of aromatic nitrogens is 5. The molecule has 0 radical (unpaired) electrons. The van der Waals surface area contributed by atoms with E-state index in [1.165, 1.54) is 0 Å². The van der Waals surface area contributed by atoms with Gasteiger partial charge in [0, 0.05) is 41.1 Å². The second-order valence-electron chi connectivity index (χ2n) is 11.2. The van der Waals surface area contributed by atoms with Gasteiger partial charge in [-0.15, -0.1) is 0 Å². The fraction of sp³-hybridized carbons (Fsp3) is 0.323. The van der Waals surface area contributed by atoms with E-state index < -0.39 is 10.0 Å². The topological polar surface area (TPSA) is 129 Å². The fourth-order valence-electron chi connectivity index (χ4n) is 5.62. The molecule has 1 aliphatic heterocycles. The van der Waals surface area contributed by atoms with Gasteiger partial charge in [0.2, 0.25) is 10.0 Å². The summed E-state index contributed by atoms with van der Waals surface area (Å²) in [5.74, 6) is 2.79. The summed E-state index contributed by atoms with van der Waals surface area (Å²) in [7, 11) is -3.33. The van der Waals surface area contributed by atoms with Crippen molar-refractivity contribution < 1.29 is 13.2 Å². The van der Waals surface area contributed by atoms with Crippen LogP contribution in [-0.4, -0.2) is 59.3 Å². The van der Waals surface area contributed by atoms with Crippen molar-refractivity contribution in [3.8, 4) is 28.3 Å². The van der Waals surface area contributed by atoms with Gasteiger partial charge in [-0.05, 0) is 74.7 Å². The molecule has 0 saturated carbocycles. The van der Waals surface area contributed by atoms with Gasteiger partial charge in [-0.25, -0.2) is 23.4 Å². The van der Waals surface area contributed by atoms with Crippen LogP contribution in [0.2, 0.25) is 0 Å². The molecule has 5 aromatic rings. The van der Waals surface area contributed by atoms with Gasteiger partial charge in [-0.2, -0.15) is 0 Å². The van der Waals surface area contributed by atoms with Crippen LogP contribution >= 0.6 is 0 Å². The summed E-state index contributed by atoms with van der Waals surface area (Å²) in [4.78, 5) is 23.5. The average molecular weight is 586 g/mol. The Bertz CT molecular complexity index is 1820. The summed E-state index contributed by atoms with van der Waals surface area (Å²) in [6.45, 7) is 8.68. The first-order valence-electron chi connectivity index (χ1n) is 14.1. The van der Waals surface area contributed by atoms with Crippen molar-refractivity contribution in [2.75, 3.05) is 35.6 Å². The van der Waals surface area contributed by atoms with Gasteiger partial charge < -0.3 is 19.6 Å². The number of H-pyrrole nitrogens is 2. The maximum Gasteiger partial charge on any atom is 0.229 e. The molecular formula is C31H35N7O3S. The lowest BCUT2D eigenvalue weighted by Gasteiger charge is -2.38. The molecule has 0 atom stereocenters. The van der Waals surface area contributed by atoms with Gasteiger partial charge in [0.05, 0.1) is 23.9 Å². The number of aryl methyl sites for hydroxylation is 1. The molecule has 11 heteroatoms. The van der Waals surface area contributed by atoms with Crippen LogP contribution in [0.5, 0.6) is 5.75 Å². The van der Waals surface area contributed by atoms with E-state index >= 15 is 0 Å². The van der Waals surface area contributed by atoms with Crippen molar-refractivity contribution in [1.29, 1.82) is 0 Å². The number of nitrogens with one attached hydrogen (secondary N) is 3. The highest BCUT2D eigenvalue weighted by atomic mass is 32.2. The minimum atomic E-state index is -3.33. The van der Waals surface area contributed by atoms with Crippen molar-refractivity contribution in [2.45, 2.75) is 39.0 Å². The standard InChI is InChI=1S/C31H35N7O3S/c1-5-41-24-12-8-22(9-13-24)27-20(2)34-30(36-27)31(3)14-16-38(17-15-31)29-25-18-26(35-28(25)32-19-33-29)21-6-10-23(11-7-21)37-42(4,39)40/h6-13,18-19,37H,5,14-17H2,1-4H3,(H,34,36)(H,32,33,35). The Morgan fingerprint density at radius 3 is 2.36 bits per heavy atom. The lowest BCUT2D eigenvalue weighted by molar-refractivity contribution is 0.340. The molecule has 0 bridgehead atoms. The van der Waals surface area contributed by atoms with E-state index in [9.17, 15) is 8.42 Å². The lowest BCUT2D eigenvalue weighted by Crippen LogP contribution is -2.42. The van der Waals surface area contributed by atoms with E-state index in [0.29, 0.717) is 12.3 Å². The van der Waals surface area contributed by atoms with Gasteiger partial charge in [-0.3, -0.25) is 4.72 Å². The highest BCUT2D eigenvalue weighted by Crippen LogP contribution is 2.38. The molecule has 218 valence electrons. The van der Waals surface area contributed by atoms with Gasteiger partial charge in [0.25, 0.3) is 0 Å². The quantitative estimate of drug-likeness (QED) is 0.215. The highest BCUT2D eigenvalue weighted by Gasteiger charge is 2.36. The largest absolute Gasteiger partial charge is 0.494 e. The fourth-order valence-corrected chi connectivity index (χ4v) is 6.18. The van der Waals surface area contributed by atoms with Crippen molar-refractivity contribution in [2.24, 2.45) is 0 Å². The summed E-state index contributed by atoms with van der Waals surface area (Å²) < 4.78 is 31.2. The third-order valence-electron chi connectivity index (χ3n) is 7.97. The van der Waals surface area contributed by atoms with E-state index in [4.69, 9.17) is 9.72 Å². The number of benzene rings is 2. The molecule has 0 spiro atoms. The van der Waals surface area contributed by atoms with Crippen LogP contribution in [0.15, 0.2) is 60.9 Å². The Morgan fingerprint density at radius 2 is 1.69 bits per heavy atom. The maximum absolute atomic E-state index is 11.5. The van der Waals surface area contributed by atoms with Gasteiger partial charge >= 0.3 is 0 Å². The minimum Gasteiger partial charge on any atom is -0.494 e. The number of imidazole rings is 1. The Balaban J connectivity index is 1.19. The molecule has 42 heavy (non-hydrogen) atoms. The highest BCUT2D eigenvalue weighted by molar-refractivity contribution is 7.92. The zero-order valence-corrected chi connectivity index (χ0v) is 25.0. The zero-order chi connectivity index (χ0) is 29.5. The van der Waals surface area contributed by atoms with Gasteiger partial charge in [-0.1, -0.05) is 19.1 Å². The summed E-state index contributed by atoms with van der Waals surface area (Å²) in [6, 6.07) is 17.4. The van der Waals surface area contributed by atoms with Crippen LogP contribution in [0.4, 0.5) is 11.5 Å². The predicted molar refractivity (Wildman–Crippen MR) is 167 cm³/mol. The molecular weight excluding hydrogens is 550 g/mol. The number of rotatable bonds is 8. The smallest absolute Gasteiger partial charge is 0.229 e. The van der Waals surface area contributed by atoms with Gasteiger partial charge in [0.15, 0.2) is 0 Å². The summed E-state index contributed by atoms with van der Waals surface area (Å²) >= 11 is 0. The van der Waals surface area contributed by atoms with Crippen molar-refractivity contribution in [3.63, 3.8) is 0 Å². The molecule has 1 aliphatic rings. The van der Waals surface area contributed by atoms with Crippen LogP contribution in [0.3, 0.4) is 0 Å². The monoisotopic (exact) mass is 585 g/mol. The maximum atomic E-state index is 11.5.